The largest absolute Gasteiger partial charge is 0.340 e. The molecule has 4 heterocycles. The lowest BCUT2D eigenvalue weighted by Gasteiger charge is -2.35. The van der Waals surface area contributed by atoms with Crippen molar-refractivity contribution >= 4 is 43.8 Å². The van der Waals surface area contributed by atoms with Crippen LogP contribution in [0.15, 0.2) is 53.6 Å². The minimum atomic E-state index is -4.79. The number of nitrogens with one attached hydrogen (secondary N) is 2. The summed E-state index contributed by atoms with van der Waals surface area (Å²) >= 11 is 7.38. The van der Waals surface area contributed by atoms with Gasteiger partial charge in [-0.2, -0.15) is 0 Å². The molecule has 0 spiro atoms. The van der Waals surface area contributed by atoms with E-state index in [1.807, 2.05) is 4.72 Å². The summed E-state index contributed by atoms with van der Waals surface area (Å²) in [7, 11) is -4.79. The molecule has 2 aromatic carbocycles. The van der Waals surface area contributed by atoms with E-state index in [9.17, 15) is 17.2 Å². The fraction of sp³-hybridized carbons (Fsp3) is 0.240. The molecule has 6 rings (SSSR count). The van der Waals surface area contributed by atoms with Crippen LogP contribution < -0.4 is 14.9 Å². The molecule has 0 radical (unpaired) electrons. The van der Waals surface area contributed by atoms with Gasteiger partial charge in [0, 0.05) is 36.9 Å². The Morgan fingerprint density at radius 2 is 1.69 bits per heavy atom. The van der Waals surface area contributed by atoms with Gasteiger partial charge in [0.25, 0.3) is 10.0 Å². The van der Waals surface area contributed by atoms with Gasteiger partial charge in [-0.25, -0.2) is 36.5 Å². The lowest BCUT2D eigenvalue weighted by Crippen LogP contribution is -2.51. The van der Waals surface area contributed by atoms with Gasteiger partial charge >= 0.3 is 0 Å². The topological polar surface area (TPSA) is 100 Å². The second-order valence-electron chi connectivity index (χ2n) is 9.16. The van der Waals surface area contributed by atoms with Gasteiger partial charge < -0.3 is 10.2 Å². The predicted molar refractivity (Wildman–Crippen MR) is 143 cm³/mol. The van der Waals surface area contributed by atoms with Gasteiger partial charge in [-0.05, 0) is 54.8 Å². The molecular weight excluding hydrogens is 573 g/mol. The number of thiazole rings is 1. The van der Waals surface area contributed by atoms with Crippen LogP contribution in [0.25, 0.3) is 21.8 Å². The molecule has 2 aliphatic rings. The lowest BCUT2D eigenvalue weighted by atomic mass is 10.1. The quantitative estimate of drug-likeness (QED) is 0.301. The zero-order valence-corrected chi connectivity index (χ0v) is 22.4. The van der Waals surface area contributed by atoms with Crippen molar-refractivity contribution in [3.05, 3.63) is 71.4 Å². The number of anilines is 2. The number of sulfonamides is 1. The van der Waals surface area contributed by atoms with E-state index < -0.39 is 38.1 Å². The van der Waals surface area contributed by atoms with Crippen LogP contribution in [0.4, 0.5) is 24.0 Å². The maximum atomic E-state index is 16.0. The maximum Gasteiger partial charge on any atom is 0.267 e. The Morgan fingerprint density at radius 1 is 1.00 bits per heavy atom. The standard InChI is InChI=1S/C25H20ClF3N6O2S2/c26-24-31-10-9-19(32-24)22-21(33-25(38-22)35-13-7-8-14(35)12-30-11-13)15-3-1-6-18(20(15)29)34-39(36,37)23-16(27)4-2-5-17(23)28/h1-6,9-10,13-14,30,34H,7-8,11-12H2. The Bertz CT molecular complexity index is 1650. The highest BCUT2D eigenvalue weighted by Crippen LogP contribution is 2.44. The van der Waals surface area contributed by atoms with E-state index in [0.29, 0.717) is 15.7 Å². The molecule has 0 saturated carbocycles. The first kappa shape index (κ1) is 26.0. The number of hydrogen-bond acceptors (Lipinski definition) is 8. The van der Waals surface area contributed by atoms with Crippen molar-refractivity contribution in [2.45, 2.75) is 29.8 Å². The van der Waals surface area contributed by atoms with E-state index in [1.165, 1.54) is 35.7 Å². The molecule has 2 unspecified atom stereocenters. The Kier molecular flexibility index (Phi) is 6.69. The average molecular weight is 593 g/mol. The first-order chi connectivity index (χ1) is 18.7. The monoisotopic (exact) mass is 592 g/mol. The van der Waals surface area contributed by atoms with Gasteiger partial charge in [-0.3, -0.25) is 4.72 Å². The minimum absolute atomic E-state index is 0.00420. The van der Waals surface area contributed by atoms with E-state index >= 15 is 4.39 Å². The minimum Gasteiger partial charge on any atom is -0.340 e. The summed E-state index contributed by atoms with van der Waals surface area (Å²) < 4.78 is 72.1. The third-order valence-corrected chi connectivity index (χ3v) is 9.45. The van der Waals surface area contributed by atoms with Crippen LogP contribution in [0, 0.1) is 17.5 Å². The van der Waals surface area contributed by atoms with Crippen LogP contribution in [0.3, 0.4) is 0 Å². The zero-order chi connectivity index (χ0) is 27.3. The number of hydrogen-bond donors (Lipinski definition) is 2. The number of piperazine rings is 1. The van der Waals surface area contributed by atoms with Crippen molar-refractivity contribution in [1.29, 1.82) is 0 Å². The van der Waals surface area contributed by atoms with Crippen LogP contribution in [0.1, 0.15) is 12.8 Å². The van der Waals surface area contributed by atoms with Crippen molar-refractivity contribution in [2.24, 2.45) is 0 Å². The normalized spacial score (nSPS) is 18.9. The molecule has 2 atom stereocenters. The molecule has 2 aromatic heterocycles. The van der Waals surface area contributed by atoms with Gasteiger partial charge in [-0.1, -0.05) is 23.5 Å². The van der Waals surface area contributed by atoms with Gasteiger partial charge in [-0.15, -0.1) is 0 Å². The van der Waals surface area contributed by atoms with Gasteiger partial charge in [0.2, 0.25) is 5.28 Å². The van der Waals surface area contributed by atoms with Gasteiger partial charge in [0.1, 0.15) is 11.6 Å². The van der Waals surface area contributed by atoms with Crippen LogP contribution in [-0.4, -0.2) is 48.5 Å². The van der Waals surface area contributed by atoms with E-state index in [1.54, 1.807) is 6.07 Å². The second-order valence-corrected chi connectivity index (χ2v) is 12.1. The van der Waals surface area contributed by atoms with Crippen molar-refractivity contribution in [3.63, 3.8) is 0 Å². The summed E-state index contributed by atoms with van der Waals surface area (Å²) in [6.07, 6.45) is 3.48. The molecular formula is C25H20ClF3N6O2S2. The van der Waals surface area contributed by atoms with Crippen LogP contribution in [0.5, 0.6) is 0 Å². The molecule has 2 N–H and O–H groups in total. The molecule has 0 aliphatic carbocycles. The summed E-state index contributed by atoms with van der Waals surface area (Å²) in [6, 6.07) is 8.81. The number of nitrogens with zero attached hydrogens (tertiary/aromatic N) is 4. The van der Waals surface area contributed by atoms with E-state index in [4.69, 9.17) is 16.6 Å². The zero-order valence-electron chi connectivity index (χ0n) is 20.0. The van der Waals surface area contributed by atoms with E-state index in [-0.39, 0.29) is 28.6 Å². The average Bonchev–Trinajstić information content (AvgIpc) is 3.42. The molecule has 14 heteroatoms. The Hall–Kier alpha value is -3.26. The fourth-order valence-corrected chi connectivity index (χ4v) is 7.60. The van der Waals surface area contributed by atoms with Crippen LogP contribution >= 0.6 is 22.9 Å². The molecule has 2 bridgehead atoms. The highest BCUT2D eigenvalue weighted by Gasteiger charge is 2.39. The Balaban J connectivity index is 1.45. The summed E-state index contributed by atoms with van der Waals surface area (Å²) in [5, 5.41) is 4.10. The molecule has 0 amide bonds. The highest BCUT2D eigenvalue weighted by molar-refractivity contribution is 7.92. The van der Waals surface area contributed by atoms with Crippen molar-refractivity contribution < 1.29 is 21.6 Å². The Labute approximate surface area is 231 Å². The van der Waals surface area contributed by atoms with Crippen LogP contribution in [0.2, 0.25) is 5.28 Å². The third kappa shape index (κ3) is 4.73. The number of aromatic nitrogens is 3. The highest BCUT2D eigenvalue weighted by atomic mass is 35.5. The molecule has 2 fully saturated rings. The van der Waals surface area contributed by atoms with E-state index in [2.05, 4.69) is 20.2 Å². The predicted octanol–water partition coefficient (Wildman–Crippen LogP) is 5.08. The fourth-order valence-electron chi connectivity index (χ4n) is 5.06. The molecule has 39 heavy (non-hydrogen) atoms. The number of fused-ring (bicyclic) bond motifs is 2. The SMILES string of the molecule is O=S(=O)(Nc1cccc(-c2nc(N3C4CCC3CNC4)sc2-c2ccnc(Cl)n2)c1F)c1c(F)cccc1F. The smallest absolute Gasteiger partial charge is 0.267 e. The maximum absolute atomic E-state index is 16.0. The number of halogens is 4. The van der Waals surface area contributed by atoms with Crippen molar-refractivity contribution in [3.8, 4) is 21.8 Å². The molecule has 4 aromatic rings. The first-order valence-corrected chi connectivity index (χ1v) is 14.6. The summed E-state index contributed by atoms with van der Waals surface area (Å²) in [5.41, 5.74) is 0.158. The molecule has 2 saturated heterocycles. The van der Waals surface area contributed by atoms with Gasteiger partial charge in [0.15, 0.2) is 15.8 Å². The molecule has 2 aliphatic heterocycles. The molecule has 8 nitrogen and oxygen atoms in total. The summed E-state index contributed by atoms with van der Waals surface area (Å²) in [6.45, 7) is 1.61. The summed E-state index contributed by atoms with van der Waals surface area (Å²) in [5.74, 6) is -3.55. The first-order valence-electron chi connectivity index (χ1n) is 12.0. The Morgan fingerprint density at radius 3 is 2.38 bits per heavy atom. The molecule has 202 valence electrons. The number of rotatable bonds is 6. The number of benzene rings is 2. The van der Waals surface area contributed by atoms with Crippen LogP contribution in [-0.2, 0) is 10.0 Å². The van der Waals surface area contributed by atoms with Crippen molar-refractivity contribution in [2.75, 3.05) is 22.7 Å². The second kappa shape index (κ2) is 10.0. The van der Waals surface area contributed by atoms with Crippen molar-refractivity contribution in [1.82, 2.24) is 20.3 Å². The third-order valence-electron chi connectivity index (χ3n) is 6.76. The summed E-state index contributed by atoms with van der Waals surface area (Å²) in [4.78, 5) is 14.6. The lowest BCUT2D eigenvalue weighted by molar-refractivity contribution is 0.484. The van der Waals surface area contributed by atoms with E-state index in [0.717, 1.165) is 44.1 Å². The van der Waals surface area contributed by atoms with Gasteiger partial charge in [0.05, 0.1) is 22.0 Å².